The summed E-state index contributed by atoms with van der Waals surface area (Å²) in [7, 11) is 0. The predicted molar refractivity (Wildman–Crippen MR) is 99.2 cm³/mol. The van der Waals surface area contributed by atoms with Crippen molar-refractivity contribution in [2.24, 2.45) is 0 Å². The first-order valence-electron chi connectivity index (χ1n) is 9.39. The Labute approximate surface area is 154 Å². The highest BCUT2D eigenvalue weighted by Gasteiger charge is 2.30. The molecule has 140 valence electrons. The molecule has 0 radical (unpaired) electrons. The number of carbonyl (C=O) groups excluding carboxylic acids is 1. The largest absolute Gasteiger partial charge is 0.352 e. The van der Waals surface area contributed by atoms with Gasteiger partial charge in [-0.2, -0.15) is 0 Å². The molecule has 0 aliphatic carbocycles. The normalized spacial score (nSPS) is 17.6. The van der Waals surface area contributed by atoms with Crippen LogP contribution in [0.4, 0.5) is 0 Å². The van der Waals surface area contributed by atoms with Gasteiger partial charge in [-0.1, -0.05) is 6.92 Å². The molecule has 1 atom stereocenters. The highest BCUT2D eigenvalue weighted by atomic mass is 16.1. The molecule has 1 aliphatic heterocycles. The third-order valence-electron chi connectivity index (χ3n) is 4.84. The van der Waals surface area contributed by atoms with Crippen molar-refractivity contribution in [3.05, 3.63) is 41.5 Å². The maximum Gasteiger partial charge on any atom is 0.217 e. The third kappa shape index (κ3) is 4.27. The first-order valence-corrected chi connectivity index (χ1v) is 9.39. The number of imidazole rings is 1. The second kappa shape index (κ2) is 8.40. The minimum atomic E-state index is -0.0404. The van der Waals surface area contributed by atoms with Crippen LogP contribution in [0.3, 0.4) is 0 Å². The van der Waals surface area contributed by atoms with E-state index in [1.807, 2.05) is 19.3 Å². The zero-order chi connectivity index (χ0) is 18.5. The number of nitrogens with one attached hydrogen (secondary N) is 1. The maximum absolute atomic E-state index is 11.3. The van der Waals surface area contributed by atoms with E-state index < -0.39 is 0 Å². The molecule has 1 saturated heterocycles. The lowest BCUT2D eigenvalue weighted by Gasteiger charge is -2.26. The van der Waals surface area contributed by atoms with Crippen LogP contribution < -0.4 is 5.32 Å². The van der Waals surface area contributed by atoms with E-state index in [1.54, 1.807) is 0 Å². The van der Waals surface area contributed by atoms with Crippen LogP contribution in [0.1, 0.15) is 62.1 Å². The molecule has 7 heteroatoms. The van der Waals surface area contributed by atoms with Crippen molar-refractivity contribution < 1.29 is 4.79 Å². The summed E-state index contributed by atoms with van der Waals surface area (Å²) in [5.74, 6) is 1.83. The van der Waals surface area contributed by atoms with E-state index in [0.717, 1.165) is 61.8 Å². The molecule has 2 aromatic rings. The molecule has 0 bridgehead atoms. The Morgan fingerprint density at radius 2 is 2.23 bits per heavy atom. The second-order valence-corrected chi connectivity index (χ2v) is 6.90. The molecule has 0 aromatic carbocycles. The lowest BCUT2D eigenvalue weighted by atomic mass is 10.1. The number of nitrogens with zero attached hydrogens (tertiary/aromatic N) is 5. The fourth-order valence-electron chi connectivity index (χ4n) is 3.60. The first-order chi connectivity index (χ1) is 12.6. The lowest BCUT2D eigenvalue weighted by molar-refractivity contribution is -0.119. The Morgan fingerprint density at radius 3 is 3.00 bits per heavy atom. The van der Waals surface area contributed by atoms with Crippen LogP contribution in [0.2, 0.25) is 0 Å². The minimum Gasteiger partial charge on any atom is -0.352 e. The van der Waals surface area contributed by atoms with Crippen molar-refractivity contribution in [2.75, 3.05) is 6.54 Å². The number of hydrogen-bond acceptors (Lipinski definition) is 5. The van der Waals surface area contributed by atoms with Crippen molar-refractivity contribution >= 4 is 5.91 Å². The van der Waals surface area contributed by atoms with E-state index in [4.69, 9.17) is 4.98 Å². The quantitative estimate of drug-likeness (QED) is 0.824. The number of amides is 1. The summed E-state index contributed by atoms with van der Waals surface area (Å²) in [4.78, 5) is 27.4. The van der Waals surface area contributed by atoms with Gasteiger partial charge in [-0.25, -0.2) is 15.0 Å². The predicted octanol–water partition coefficient (Wildman–Crippen LogP) is 2.36. The van der Waals surface area contributed by atoms with Gasteiger partial charge in [0.15, 0.2) is 0 Å². The Kier molecular flexibility index (Phi) is 5.98. The fraction of sp³-hybridized carbons (Fsp3) is 0.579. The molecule has 0 unspecified atom stereocenters. The molecule has 1 N–H and O–H groups in total. The molecule has 2 aromatic heterocycles. The Hall–Kier alpha value is -2.28. The van der Waals surface area contributed by atoms with Crippen LogP contribution in [-0.4, -0.2) is 36.9 Å². The summed E-state index contributed by atoms with van der Waals surface area (Å²) in [5.41, 5.74) is 2.04. The van der Waals surface area contributed by atoms with Gasteiger partial charge in [0.05, 0.1) is 18.3 Å². The van der Waals surface area contributed by atoms with Crippen LogP contribution in [-0.2, 0) is 24.4 Å². The molecular formula is C19H28N6O. The van der Waals surface area contributed by atoms with Gasteiger partial charge in [0.25, 0.3) is 0 Å². The molecule has 0 spiro atoms. The molecule has 1 amide bonds. The molecule has 1 aliphatic rings. The Balaban J connectivity index is 1.82. The van der Waals surface area contributed by atoms with Gasteiger partial charge in [0, 0.05) is 44.2 Å². The summed E-state index contributed by atoms with van der Waals surface area (Å²) in [6.45, 7) is 8.95. The fourth-order valence-corrected chi connectivity index (χ4v) is 3.60. The summed E-state index contributed by atoms with van der Waals surface area (Å²) >= 11 is 0. The average Bonchev–Trinajstić information content (AvgIpc) is 3.24. The molecule has 0 saturated carbocycles. The number of rotatable bonds is 7. The van der Waals surface area contributed by atoms with E-state index in [2.05, 4.69) is 37.9 Å². The summed E-state index contributed by atoms with van der Waals surface area (Å²) < 4.78 is 2.23. The van der Waals surface area contributed by atoms with Crippen molar-refractivity contribution in [3.63, 3.8) is 0 Å². The minimum absolute atomic E-state index is 0.0404. The van der Waals surface area contributed by atoms with E-state index in [0.29, 0.717) is 6.54 Å². The van der Waals surface area contributed by atoms with Crippen LogP contribution in [0, 0.1) is 6.92 Å². The Bertz CT molecular complexity index is 756. The van der Waals surface area contributed by atoms with E-state index >= 15 is 0 Å². The van der Waals surface area contributed by atoms with Crippen molar-refractivity contribution in [1.29, 1.82) is 0 Å². The molecule has 3 rings (SSSR count). The average molecular weight is 356 g/mol. The third-order valence-corrected chi connectivity index (χ3v) is 4.84. The molecule has 1 fully saturated rings. The zero-order valence-corrected chi connectivity index (χ0v) is 15.9. The molecule has 7 nitrogen and oxygen atoms in total. The highest BCUT2D eigenvalue weighted by molar-refractivity contribution is 5.72. The smallest absolute Gasteiger partial charge is 0.217 e. The monoisotopic (exact) mass is 356 g/mol. The standard InChI is InChI=1S/C19H28N6O/c1-4-8-24-10-7-20-18(24)13-25-9-5-6-17(25)19-16(12-22-15(3)26)11-21-14(2)23-19/h7,10-11,17H,4-6,8-9,12-13H2,1-3H3,(H,22,26)/t17-/m1/s1. The molecule has 26 heavy (non-hydrogen) atoms. The van der Waals surface area contributed by atoms with Gasteiger partial charge in [0.2, 0.25) is 5.91 Å². The number of carbonyl (C=O) groups is 1. The van der Waals surface area contributed by atoms with Crippen LogP contribution >= 0.6 is 0 Å². The number of aryl methyl sites for hydroxylation is 2. The van der Waals surface area contributed by atoms with Crippen LogP contribution in [0.25, 0.3) is 0 Å². The topological polar surface area (TPSA) is 75.9 Å². The molecule has 3 heterocycles. The zero-order valence-electron chi connectivity index (χ0n) is 15.9. The Morgan fingerprint density at radius 1 is 1.38 bits per heavy atom. The highest BCUT2D eigenvalue weighted by Crippen LogP contribution is 2.33. The number of hydrogen-bond donors (Lipinski definition) is 1. The van der Waals surface area contributed by atoms with Gasteiger partial charge in [-0.3, -0.25) is 9.69 Å². The van der Waals surface area contributed by atoms with Crippen molar-refractivity contribution in [3.8, 4) is 0 Å². The maximum atomic E-state index is 11.3. The van der Waals surface area contributed by atoms with Gasteiger partial charge < -0.3 is 9.88 Å². The van der Waals surface area contributed by atoms with Gasteiger partial charge >= 0.3 is 0 Å². The SMILES string of the molecule is CCCn1ccnc1CN1CCC[C@@H]1c1nc(C)ncc1CNC(C)=O. The number of aromatic nitrogens is 4. The van der Waals surface area contributed by atoms with Gasteiger partial charge in [0.1, 0.15) is 11.6 Å². The van der Waals surface area contributed by atoms with Crippen molar-refractivity contribution in [2.45, 2.75) is 65.7 Å². The second-order valence-electron chi connectivity index (χ2n) is 6.90. The molecular weight excluding hydrogens is 328 g/mol. The summed E-state index contributed by atoms with van der Waals surface area (Å²) in [5, 5.41) is 2.88. The van der Waals surface area contributed by atoms with Crippen molar-refractivity contribution in [1.82, 2.24) is 29.7 Å². The summed E-state index contributed by atoms with van der Waals surface area (Å²) in [6, 6.07) is 0.243. The summed E-state index contributed by atoms with van der Waals surface area (Å²) in [6.07, 6.45) is 9.09. The number of likely N-dealkylation sites (tertiary alicyclic amines) is 1. The lowest BCUT2D eigenvalue weighted by Crippen LogP contribution is -2.28. The van der Waals surface area contributed by atoms with E-state index in [1.165, 1.54) is 6.92 Å². The first kappa shape index (κ1) is 18.5. The van der Waals surface area contributed by atoms with E-state index in [9.17, 15) is 4.79 Å². The van der Waals surface area contributed by atoms with Gasteiger partial charge in [-0.05, 0) is 32.7 Å². The van der Waals surface area contributed by atoms with Crippen LogP contribution in [0.15, 0.2) is 18.6 Å². The van der Waals surface area contributed by atoms with E-state index in [-0.39, 0.29) is 11.9 Å². The van der Waals surface area contributed by atoms with Crippen LogP contribution in [0.5, 0.6) is 0 Å². The van der Waals surface area contributed by atoms with Gasteiger partial charge in [-0.15, -0.1) is 0 Å².